The van der Waals surface area contributed by atoms with E-state index in [1.165, 1.54) is 37.8 Å². The lowest BCUT2D eigenvalue weighted by molar-refractivity contribution is -0.0423. The van der Waals surface area contributed by atoms with Crippen molar-refractivity contribution in [3.05, 3.63) is 39.9 Å². The molecule has 4 aliphatic carbocycles. The second-order valence-corrected chi connectivity index (χ2v) is 12.2. The molecule has 7 unspecified atom stereocenters. The van der Waals surface area contributed by atoms with E-state index in [1.807, 2.05) is 6.07 Å². The molecule has 174 valence electrons. The highest BCUT2D eigenvalue weighted by molar-refractivity contribution is 6.35. The highest BCUT2D eigenvalue weighted by Gasteiger charge is 2.58. The van der Waals surface area contributed by atoms with Crippen LogP contribution in [0.2, 0.25) is 10.0 Å². The third kappa shape index (κ3) is 3.63. The Morgan fingerprint density at radius 1 is 1.09 bits per heavy atom. The van der Waals surface area contributed by atoms with E-state index in [4.69, 9.17) is 28.3 Å². The van der Waals surface area contributed by atoms with E-state index < -0.39 is 0 Å². The number of allylic oxidation sites excluding steroid dienone is 1. The zero-order valence-corrected chi connectivity index (χ0v) is 21.0. The monoisotopic (exact) mass is 474 g/mol. The van der Waals surface area contributed by atoms with Crippen molar-refractivity contribution in [3.8, 4) is 0 Å². The van der Waals surface area contributed by atoms with E-state index in [-0.39, 0.29) is 6.10 Å². The second-order valence-electron chi connectivity index (χ2n) is 11.3. The maximum atomic E-state index is 10.2. The van der Waals surface area contributed by atoms with Gasteiger partial charge < -0.3 is 5.11 Å². The van der Waals surface area contributed by atoms with Crippen LogP contribution < -0.4 is 5.43 Å². The average Bonchev–Trinajstić information content (AvgIpc) is 3.12. The van der Waals surface area contributed by atoms with Crippen molar-refractivity contribution in [2.75, 3.05) is 5.43 Å². The maximum absolute atomic E-state index is 10.2. The summed E-state index contributed by atoms with van der Waals surface area (Å²) in [4.78, 5) is 0. The molecule has 0 heterocycles. The van der Waals surface area contributed by atoms with Gasteiger partial charge in [-0.3, -0.25) is 5.43 Å². The first-order valence-corrected chi connectivity index (χ1v) is 13.1. The summed E-state index contributed by atoms with van der Waals surface area (Å²) in [5.74, 6) is 2.80. The number of benzene rings is 1. The normalized spacial score (nSPS) is 41.4. The number of hydrogen-bond acceptors (Lipinski definition) is 3. The maximum Gasteiger partial charge on any atom is 0.0762 e. The number of aliphatic hydroxyl groups is 1. The molecule has 4 aliphatic rings. The smallest absolute Gasteiger partial charge is 0.0762 e. The van der Waals surface area contributed by atoms with Gasteiger partial charge >= 0.3 is 0 Å². The average molecular weight is 476 g/mol. The van der Waals surface area contributed by atoms with Crippen molar-refractivity contribution in [1.82, 2.24) is 0 Å². The van der Waals surface area contributed by atoms with Crippen molar-refractivity contribution in [1.29, 1.82) is 0 Å². The Bertz CT molecular complexity index is 959. The van der Waals surface area contributed by atoms with Crippen LogP contribution in [0.1, 0.15) is 72.1 Å². The van der Waals surface area contributed by atoms with Gasteiger partial charge in [0.2, 0.25) is 0 Å². The number of fused-ring (bicyclic) bond motifs is 5. The van der Waals surface area contributed by atoms with Crippen molar-refractivity contribution in [3.63, 3.8) is 0 Å². The van der Waals surface area contributed by atoms with Gasteiger partial charge in [-0.25, -0.2) is 0 Å². The first kappa shape index (κ1) is 22.7. The van der Waals surface area contributed by atoms with Gasteiger partial charge in [0.1, 0.15) is 0 Å². The van der Waals surface area contributed by atoms with Gasteiger partial charge in [-0.05, 0) is 105 Å². The van der Waals surface area contributed by atoms with Crippen LogP contribution in [0.4, 0.5) is 5.69 Å². The minimum Gasteiger partial charge on any atom is -0.393 e. The molecule has 1 aromatic carbocycles. The Balaban J connectivity index is 1.36. The van der Waals surface area contributed by atoms with E-state index in [2.05, 4.69) is 32.3 Å². The topological polar surface area (TPSA) is 44.6 Å². The van der Waals surface area contributed by atoms with Crippen LogP contribution in [0.25, 0.3) is 0 Å². The Kier molecular flexibility index (Phi) is 5.92. The summed E-state index contributed by atoms with van der Waals surface area (Å²) in [7, 11) is 0. The Morgan fingerprint density at radius 3 is 2.72 bits per heavy atom. The fourth-order valence-electron chi connectivity index (χ4n) is 8.14. The first-order chi connectivity index (χ1) is 15.2. The van der Waals surface area contributed by atoms with Gasteiger partial charge in [0, 0.05) is 16.7 Å². The predicted octanol–water partition coefficient (Wildman–Crippen LogP) is 7.72. The van der Waals surface area contributed by atoms with Gasteiger partial charge in [-0.2, -0.15) is 5.10 Å². The lowest BCUT2D eigenvalue weighted by Crippen LogP contribution is -2.50. The molecule has 5 rings (SSSR count). The summed E-state index contributed by atoms with van der Waals surface area (Å²) in [6.45, 7) is 7.21. The predicted molar refractivity (Wildman–Crippen MR) is 134 cm³/mol. The van der Waals surface area contributed by atoms with Gasteiger partial charge in [0.05, 0.1) is 16.8 Å². The zero-order valence-electron chi connectivity index (χ0n) is 19.5. The number of hydrogen-bond donors (Lipinski definition) is 2. The lowest BCUT2D eigenvalue weighted by Gasteiger charge is -2.58. The standard InChI is InChI=1S/C27H36Cl2N2O/c1-16(30-31-25-15-18(28)5-9-24(25)29)21-7-8-22-20-6-4-17-14-19(32)10-12-26(17,2)23(20)11-13-27(21,22)3/h4-5,9,15,19-23,31-32H,6-8,10-14H2,1-3H3. The second kappa shape index (κ2) is 8.32. The molecule has 1 aromatic rings. The number of hydrazone groups is 1. The first-order valence-electron chi connectivity index (χ1n) is 12.3. The van der Waals surface area contributed by atoms with Crippen LogP contribution in [0.15, 0.2) is 34.9 Å². The lowest BCUT2D eigenvalue weighted by atomic mass is 9.47. The van der Waals surface area contributed by atoms with E-state index in [0.29, 0.717) is 26.8 Å². The zero-order chi connectivity index (χ0) is 22.7. The molecule has 0 bridgehead atoms. The fourth-order valence-corrected chi connectivity index (χ4v) is 8.47. The van der Waals surface area contributed by atoms with Gasteiger partial charge in [-0.15, -0.1) is 0 Å². The summed E-state index contributed by atoms with van der Waals surface area (Å²) < 4.78 is 0. The number of anilines is 1. The van der Waals surface area contributed by atoms with Crippen molar-refractivity contribution < 1.29 is 5.11 Å². The molecule has 0 saturated heterocycles. The van der Waals surface area contributed by atoms with E-state index in [1.54, 1.807) is 17.7 Å². The van der Waals surface area contributed by atoms with Crippen LogP contribution in [0.5, 0.6) is 0 Å². The molecule has 0 aromatic heterocycles. The molecule has 3 saturated carbocycles. The Labute approximate surface area is 202 Å². The summed E-state index contributed by atoms with van der Waals surface area (Å²) >= 11 is 12.5. The molecule has 0 spiro atoms. The molecule has 5 heteroatoms. The molecule has 0 aliphatic heterocycles. The van der Waals surface area contributed by atoms with Crippen LogP contribution >= 0.6 is 23.2 Å². The number of aliphatic hydroxyl groups excluding tert-OH is 1. The van der Waals surface area contributed by atoms with E-state index >= 15 is 0 Å². The number of halogens is 2. The van der Waals surface area contributed by atoms with Gasteiger partial charge in [0.15, 0.2) is 0 Å². The van der Waals surface area contributed by atoms with Crippen molar-refractivity contribution in [2.24, 2.45) is 39.6 Å². The molecule has 3 fully saturated rings. The Hall–Kier alpha value is -1.03. The van der Waals surface area contributed by atoms with Crippen molar-refractivity contribution in [2.45, 2.75) is 78.2 Å². The number of nitrogens with one attached hydrogen (secondary N) is 1. The quantitative estimate of drug-likeness (QED) is 0.267. The third-order valence-electron chi connectivity index (χ3n) is 9.86. The number of nitrogens with zero attached hydrogens (tertiary/aromatic N) is 1. The minimum atomic E-state index is -0.130. The summed E-state index contributed by atoms with van der Waals surface area (Å²) in [6, 6.07) is 5.43. The SMILES string of the molecule is CC(=NNc1cc(Cl)ccc1Cl)C1CCC2C3CC=C4CC(O)CCC4(C)C3CCC12C. The van der Waals surface area contributed by atoms with E-state index in [9.17, 15) is 5.11 Å². The Morgan fingerprint density at radius 2 is 1.91 bits per heavy atom. The molecule has 7 atom stereocenters. The van der Waals surface area contributed by atoms with Gasteiger partial charge in [-0.1, -0.05) is 48.7 Å². The highest BCUT2D eigenvalue weighted by atomic mass is 35.5. The van der Waals surface area contributed by atoms with Crippen LogP contribution in [0.3, 0.4) is 0 Å². The summed E-state index contributed by atoms with van der Waals surface area (Å²) in [5, 5.41) is 16.3. The van der Waals surface area contributed by atoms with Crippen LogP contribution in [-0.2, 0) is 0 Å². The molecule has 2 N–H and O–H groups in total. The van der Waals surface area contributed by atoms with Gasteiger partial charge in [0.25, 0.3) is 0 Å². The molecular weight excluding hydrogens is 439 g/mol. The number of rotatable bonds is 3. The summed E-state index contributed by atoms with van der Waals surface area (Å²) in [5.41, 5.74) is 7.30. The summed E-state index contributed by atoms with van der Waals surface area (Å²) in [6.07, 6.45) is 11.7. The molecule has 3 nitrogen and oxygen atoms in total. The molecule has 32 heavy (non-hydrogen) atoms. The molecule has 0 radical (unpaired) electrons. The van der Waals surface area contributed by atoms with E-state index in [0.717, 1.165) is 42.7 Å². The largest absolute Gasteiger partial charge is 0.393 e. The molecule has 0 amide bonds. The minimum absolute atomic E-state index is 0.130. The highest BCUT2D eigenvalue weighted by Crippen LogP contribution is 2.66. The fraction of sp³-hybridized carbons (Fsp3) is 0.667. The van der Waals surface area contributed by atoms with Crippen LogP contribution in [-0.4, -0.2) is 16.9 Å². The third-order valence-corrected chi connectivity index (χ3v) is 10.4. The molecular formula is C27H36Cl2N2O. The van der Waals surface area contributed by atoms with Crippen LogP contribution in [0, 0.1) is 34.5 Å². The van der Waals surface area contributed by atoms with Crippen molar-refractivity contribution >= 4 is 34.6 Å².